The minimum Gasteiger partial charge on any atom is -0.496 e. The number of carboxylic acid groups (broad SMARTS) is 1. The lowest BCUT2D eigenvalue weighted by Crippen LogP contribution is -2.01. The minimum absolute atomic E-state index is 0.154. The minimum atomic E-state index is -1.02. The third-order valence-corrected chi connectivity index (χ3v) is 3.57. The summed E-state index contributed by atoms with van der Waals surface area (Å²) in [6, 6.07) is 8.63. The zero-order valence-electron chi connectivity index (χ0n) is 10.1. The Bertz CT molecular complexity index is 618. The summed E-state index contributed by atoms with van der Waals surface area (Å²) < 4.78 is 5.19. The van der Waals surface area contributed by atoms with Crippen LogP contribution < -0.4 is 4.74 Å². The molecule has 98 valence electrons. The summed E-state index contributed by atoms with van der Waals surface area (Å²) in [5, 5.41) is 11.7. The third kappa shape index (κ3) is 3.16. The maximum Gasteiger partial charge on any atom is 0.336 e. The van der Waals surface area contributed by atoms with E-state index in [0.717, 1.165) is 4.88 Å². The third-order valence-electron chi connectivity index (χ3n) is 2.51. The number of thiophene rings is 1. The van der Waals surface area contributed by atoms with Crippen LogP contribution in [0.3, 0.4) is 0 Å². The van der Waals surface area contributed by atoms with Crippen LogP contribution in [-0.2, 0) is 4.79 Å². The molecule has 0 aliphatic rings. The van der Waals surface area contributed by atoms with Crippen molar-refractivity contribution in [3.05, 3.63) is 51.2 Å². The number of benzene rings is 1. The number of carboxylic acids is 1. The molecule has 0 spiro atoms. The zero-order valence-corrected chi connectivity index (χ0v) is 11.7. The van der Waals surface area contributed by atoms with Gasteiger partial charge in [0.05, 0.1) is 12.7 Å². The summed E-state index contributed by atoms with van der Waals surface area (Å²) >= 11 is 7.40. The van der Waals surface area contributed by atoms with E-state index in [-0.39, 0.29) is 5.57 Å². The molecule has 0 fully saturated rings. The van der Waals surface area contributed by atoms with E-state index in [0.29, 0.717) is 16.3 Å². The molecule has 1 aromatic carbocycles. The second kappa shape index (κ2) is 5.91. The maximum absolute atomic E-state index is 11.4. The predicted molar refractivity (Wildman–Crippen MR) is 77.8 cm³/mol. The lowest BCUT2D eigenvalue weighted by Gasteiger charge is -2.09. The zero-order chi connectivity index (χ0) is 13.8. The van der Waals surface area contributed by atoms with Crippen LogP contribution in [0, 0.1) is 0 Å². The molecule has 3 nitrogen and oxygen atoms in total. The highest BCUT2D eigenvalue weighted by Gasteiger charge is 2.16. The number of halogens is 1. The molecule has 1 N–H and O–H groups in total. The molecule has 5 heteroatoms. The molecule has 2 aromatic rings. The first-order valence-electron chi connectivity index (χ1n) is 5.44. The lowest BCUT2D eigenvalue weighted by molar-refractivity contribution is -0.130. The average Bonchev–Trinajstić information content (AvgIpc) is 2.88. The quantitative estimate of drug-likeness (QED) is 0.866. The van der Waals surface area contributed by atoms with Gasteiger partial charge in [0, 0.05) is 15.5 Å². The van der Waals surface area contributed by atoms with E-state index in [2.05, 4.69) is 0 Å². The van der Waals surface area contributed by atoms with Gasteiger partial charge in [-0.05, 0) is 35.7 Å². The van der Waals surface area contributed by atoms with Gasteiger partial charge in [0.2, 0.25) is 0 Å². The van der Waals surface area contributed by atoms with Gasteiger partial charge in [-0.1, -0.05) is 17.7 Å². The fourth-order valence-electron chi connectivity index (χ4n) is 1.66. The summed E-state index contributed by atoms with van der Waals surface area (Å²) in [6.07, 6.45) is 1.61. The van der Waals surface area contributed by atoms with Crippen molar-refractivity contribution >= 4 is 40.6 Å². The highest BCUT2D eigenvalue weighted by Crippen LogP contribution is 2.31. The van der Waals surface area contributed by atoms with E-state index in [1.807, 2.05) is 17.5 Å². The fraction of sp³-hybridized carbons (Fsp3) is 0.0714. The molecule has 0 radical (unpaired) electrons. The van der Waals surface area contributed by atoms with Crippen LogP contribution in [0.4, 0.5) is 0 Å². The number of carbonyl (C=O) groups is 1. The van der Waals surface area contributed by atoms with Crippen LogP contribution >= 0.6 is 22.9 Å². The van der Waals surface area contributed by atoms with Gasteiger partial charge in [0.25, 0.3) is 0 Å². The lowest BCUT2D eigenvalue weighted by atomic mass is 10.0. The molecule has 0 amide bonds. The van der Waals surface area contributed by atoms with E-state index < -0.39 is 5.97 Å². The van der Waals surface area contributed by atoms with Crippen molar-refractivity contribution in [3.8, 4) is 5.75 Å². The molecule has 1 heterocycles. The van der Waals surface area contributed by atoms with Gasteiger partial charge in [-0.3, -0.25) is 0 Å². The molecular weight excluding hydrogens is 284 g/mol. The molecule has 0 saturated carbocycles. The second-order valence-electron chi connectivity index (χ2n) is 3.72. The van der Waals surface area contributed by atoms with Crippen molar-refractivity contribution < 1.29 is 14.6 Å². The van der Waals surface area contributed by atoms with E-state index in [1.54, 1.807) is 24.3 Å². The normalized spacial score (nSPS) is 11.4. The van der Waals surface area contributed by atoms with Gasteiger partial charge < -0.3 is 9.84 Å². The van der Waals surface area contributed by atoms with Crippen molar-refractivity contribution in [2.45, 2.75) is 0 Å². The summed E-state index contributed by atoms with van der Waals surface area (Å²) in [4.78, 5) is 12.3. The number of aliphatic carboxylic acids is 1. The molecule has 0 atom stereocenters. The first-order chi connectivity index (χ1) is 9.11. The summed E-state index contributed by atoms with van der Waals surface area (Å²) in [7, 11) is 1.50. The van der Waals surface area contributed by atoms with E-state index in [4.69, 9.17) is 16.3 Å². The van der Waals surface area contributed by atoms with Crippen LogP contribution in [0.1, 0.15) is 10.4 Å². The molecule has 1 aromatic heterocycles. The summed E-state index contributed by atoms with van der Waals surface area (Å²) in [5.74, 6) is -0.538. The van der Waals surface area contributed by atoms with E-state index >= 15 is 0 Å². The Morgan fingerprint density at radius 1 is 1.42 bits per heavy atom. The highest BCUT2D eigenvalue weighted by atomic mass is 35.5. The van der Waals surface area contributed by atoms with Crippen LogP contribution in [0.2, 0.25) is 5.02 Å². The Morgan fingerprint density at radius 3 is 2.79 bits per heavy atom. The Kier molecular flexibility index (Phi) is 4.24. The summed E-state index contributed by atoms with van der Waals surface area (Å²) in [6.45, 7) is 0. The van der Waals surface area contributed by atoms with Crippen molar-refractivity contribution in [3.63, 3.8) is 0 Å². The standard InChI is InChI=1S/C14H11ClO3S/c1-18-13-5-4-9(15)7-11(13)12(14(16)17)8-10-3-2-6-19-10/h2-8H,1H3,(H,16,17)/b12-8-. The van der Waals surface area contributed by atoms with Gasteiger partial charge in [0.1, 0.15) is 5.75 Å². The van der Waals surface area contributed by atoms with E-state index in [1.165, 1.54) is 18.4 Å². The Hall–Kier alpha value is -1.78. The molecule has 0 unspecified atom stereocenters. The smallest absolute Gasteiger partial charge is 0.336 e. The first kappa shape index (κ1) is 13.6. The molecule has 0 aliphatic carbocycles. The maximum atomic E-state index is 11.4. The van der Waals surface area contributed by atoms with Crippen molar-refractivity contribution in [1.82, 2.24) is 0 Å². The number of hydrogen-bond donors (Lipinski definition) is 1. The average molecular weight is 295 g/mol. The predicted octanol–water partition coefficient (Wildman–Crippen LogP) is 4.04. The Balaban J connectivity index is 2.57. The van der Waals surface area contributed by atoms with Gasteiger partial charge in [-0.25, -0.2) is 4.79 Å². The molecule has 0 aliphatic heterocycles. The Labute approximate surface area is 119 Å². The number of hydrogen-bond acceptors (Lipinski definition) is 3. The molecule has 0 bridgehead atoms. The van der Waals surface area contributed by atoms with Crippen LogP contribution in [0.15, 0.2) is 35.7 Å². The second-order valence-corrected chi connectivity index (χ2v) is 5.14. The molecule has 19 heavy (non-hydrogen) atoms. The molecular formula is C14H11ClO3S. The fourth-order valence-corrected chi connectivity index (χ4v) is 2.49. The topological polar surface area (TPSA) is 46.5 Å². The van der Waals surface area contributed by atoms with E-state index in [9.17, 15) is 9.90 Å². The number of methoxy groups -OCH3 is 1. The van der Waals surface area contributed by atoms with Crippen LogP contribution in [-0.4, -0.2) is 18.2 Å². The number of ether oxygens (including phenoxy) is 1. The van der Waals surface area contributed by atoms with Gasteiger partial charge in [0.15, 0.2) is 0 Å². The number of rotatable bonds is 4. The molecule has 2 rings (SSSR count). The van der Waals surface area contributed by atoms with Gasteiger partial charge in [-0.2, -0.15) is 0 Å². The van der Waals surface area contributed by atoms with Crippen molar-refractivity contribution in [2.24, 2.45) is 0 Å². The van der Waals surface area contributed by atoms with Gasteiger partial charge >= 0.3 is 5.97 Å². The highest BCUT2D eigenvalue weighted by molar-refractivity contribution is 7.11. The monoisotopic (exact) mass is 294 g/mol. The largest absolute Gasteiger partial charge is 0.496 e. The first-order valence-corrected chi connectivity index (χ1v) is 6.70. The van der Waals surface area contributed by atoms with Gasteiger partial charge in [-0.15, -0.1) is 11.3 Å². The van der Waals surface area contributed by atoms with Crippen LogP contribution in [0.25, 0.3) is 11.6 Å². The van der Waals surface area contributed by atoms with Crippen molar-refractivity contribution in [2.75, 3.05) is 7.11 Å². The van der Waals surface area contributed by atoms with Crippen LogP contribution in [0.5, 0.6) is 5.75 Å². The summed E-state index contributed by atoms with van der Waals surface area (Å²) in [5.41, 5.74) is 0.623. The van der Waals surface area contributed by atoms with Crippen molar-refractivity contribution in [1.29, 1.82) is 0 Å². The SMILES string of the molecule is COc1ccc(Cl)cc1/C(=C/c1cccs1)C(=O)O. The molecule has 0 saturated heterocycles. The Morgan fingerprint density at radius 2 is 2.21 bits per heavy atom.